The van der Waals surface area contributed by atoms with Gasteiger partial charge in [-0.25, -0.2) is 0 Å². The lowest BCUT2D eigenvalue weighted by Crippen LogP contribution is -1.87. The largest absolute Gasteiger partial charge is 0.351 e. The number of rotatable bonds is 1. The molecule has 0 aliphatic carbocycles. The Kier molecular flexibility index (Phi) is 2.39. The van der Waals surface area contributed by atoms with Crippen LogP contribution in [0.5, 0.6) is 0 Å². The van der Waals surface area contributed by atoms with Crippen molar-refractivity contribution in [2.24, 2.45) is 7.05 Å². The Morgan fingerprint density at radius 2 is 1.72 bits per heavy atom. The van der Waals surface area contributed by atoms with Crippen molar-refractivity contribution in [3.05, 3.63) is 60.3 Å². The molecule has 3 aromatic rings. The summed E-state index contributed by atoms with van der Waals surface area (Å²) in [7, 11) is 2.03. The molecule has 0 bridgehead atoms. The van der Waals surface area contributed by atoms with Crippen molar-refractivity contribution in [2.45, 2.75) is 0 Å². The third kappa shape index (κ3) is 1.49. The molecule has 2 heteroatoms. The first kappa shape index (κ1) is 10.6. The van der Waals surface area contributed by atoms with E-state index in [9.17, 15) is 5.26 Å². The van der Waals surface area contributed by atoms with Crippen LogP contribution in [0.15, 0.2) is 54.7 Å². The smallest absolute Gasteiger partial charge is 0.0998 e. The molecule has 18 heavy (non-hydrogen) atoms. The highest BCUT2D eigenvalue weighted by molar-refractivity contribution is 5.96. The Morgan fingerprint density at radius 1 is 0.944 bits per heavy atom. The summed E-state index contributed by atoms with van der Waals surface area (Å²) in [4.78, 5) is 0. The van der Waals surface area contributed by atoms with Crippen LogP contribution in [0.25, 0.3) is 22.0 Å². The van der Waals surface area contributed by atoms with E-state index in [-0.39, 0.29) is 0 Å². The van der Waals surface area contributed by atoms with Gasteiger partial charge in [0.25, 0.3) is 0 Å². The van der Waals surface area contributed by atoms with E-state index >= 15 is 0 Å². The highest BCUT2D eigenvalue weighted by Crippen LogP contribution is 2.30. The molecule has 0 radical (unpaired) electrons. The van der Waals surface area contributed by atoms with E-state index in [1.54, 1.807) is 0 Å². The molecule has 86 valence electrons. The number of benzene rings is 2. The van der Waals surface area contributed by atoms with Crippen molar-refractivity contribution in [1.29, 1.82) is 5.26 Å². The Balaban J connectivity index is 2.36. The zero-order chi connectivity index (χ0) is 12.5. The summed E-state index contributed by atoms with van der Waals surface area (Å²) >= 11 is 0. The van der Waals surface area contributed by atoms with Gasteiger partial charge < -0.3 is 4.57 Å². The highest BCUT2D eigenvalue weighted by atomic mass is 14.9. The average molecular weight is 232 g/mol. The van der Waals surface area contributed by atoms with E-state index in [0.717, 1.165) is 11.1 Å². The first-order valence-electron chi connectivity index (χ1n) is 5.85. The normalized spacial score (nSPS) is 10.4. The van der Waals surface area contributed by atoms with E-state index < -0.39 is 0 Å². The van der Waals surface area contributed by atoms with Crippen LogP contribution < -0.4 is 0 Å². The van der Waals surface area contributed by atoms with Gasteiger partial charge in [-0.15, -0.1) is 0 Å². The lowest BCUT2D eigenvalue weighted by atomic mass is 9.97. The van der Waals surface area contributed by atoms with Gasteiger partial charge in [-0.1, -0.05) is 30.3 Å². The molecule has 0 aliphatic heterocycles. The molecule has 2 aromatic carbocycles. The Labute approximate surface area is 106 Å². The van der Waals surface area contributed by atoms with Gasteiger partial charge in [-0.3, -0.25) is 0 Å². The van der Waals surface area contributed by atoms with Gasteiger partial charge in [-0.2, -0.15) is 5.26 Å². The summed E-state index contributed by atoms with van der Waals surface area (Å²) < 4.78 is 2.09. The van der Waals surface area contributed by atoms with Crippen LogP contribution in [0.2, 0.25) is 0 Å². The first-order chi connectivity index (χ1) is 8.81. The number of aromatic nitrogens is 1. The van der Waals surface area contributed by atoms with Crippen LogP contribution >= 0.6 is 0 Å². The summed E-state index contributed by atoms with van der Waals surface area (Å²) in [5.41, 5.74) is 4.01. The molecule has 2 nitrogen and oxygen atoms in total. The second-order valence-corrected chi connectivity index (χ2v) is 4.32. The highest BCUT2D eigenvalue weighted by Gasteiger charge is 2.09. The van der Waals surface area contributed by atoms with Crippen LogP contribution in [-0.4, -0.2) is 4.57 Å². The fraction of sp³-hybridized carbons (Fsp3) is 0.0625. The molecule has 0 fully saturated rings. The number of nitrogens with zero attached hydrogens (tertiary/aromatic N) is 2. The van der Waals surface area contributed by atoms with E-state index in [1.807, 2.05) is 43.6 Å². The summed E-state index contributed by atoms with van der Waals surface area (Å²) in [6.07, 6.45) is 2.04. The number of fused-ring (bicyclic) bond motifs is 1. The van der Waals surface area contributed by atoms with Crippen molar-refractivity contribution >= 4 is 10.9 Å². The molecular weight excluding hydrogens is 220 g/mol. The van der Waals surface area contributed by atoms with Gasteiger partial charge in [0.05, 0.1) is 11.6 Å². The summed E-state index contributed by atoms with van der Waals surface area (Å²) in [5.74, 6) is 0. The predicted octanol–water partition coefficient (Wildman–Crippen LogP) is 3.72. The van der Waals surface area contributed by atoms with E-state index in [1.165, 1.54) is 10.9 Å². The SMILES string of the molecule is Cn1ccc2c(-c3ccccc3C#N)cccc21. The van der Waals surface area contributed by atoms with E-state index in [2.05, 4.69) is 28.8 Å². The van der Waals surface area contributed by atoms with Crippen LogP contribution in [0, 0.1) is 11.3 Å². The zero-order valence-corrected chi connectivity index (χ0v) is 10.1. The standard InChI is InChI=1S/C16H12N2/c1-18-10-9-15-14(7-4-8-16(15)18)13-6-3-2-5-12(13)11-17/h2-10H,1H3. The molecule has 0 N–H and O–H groups in total. The summed E-state index contributed by atoms with van der Waals surface area (Å²) in [6, 6.07) is 18.3. The molecule has 1 aromatic heterocycles. The van der Waals surface area contributed by atoms with Crippen LogP contribution in [0.1, 0.15) is 5.56 Å². The maximum Gasteiger partial charge on any atom is 0.0998 e. The van der Waals surface area contributed by atoms with Crippen LogP contribution in [-0.2, 0) is 7.05 Å². The van der Waals surface area contributed by atoms with Gasteiger partial charge >= 0.3 is 0 Å². The van der Waals surface area contributed by atoms with E-state index in [4.69, 9.17) is 0 Å². The van der Waals surface area contributed by atoms with E-state index in [0.29, 0.717) is 5.56 Å². The second-order valence-electron chi connectivity index (χ2n) is 4.32. The molecule has 0 spiro atoms. The second kappa shape index (κ2) is 4.05. The third-order valence-electron chi connectivity index (χ3n) is 3.27. The first-order valence-corrected chi connectivity index (χ1v) is 5.85. The minimum atomic E-state index is 0.717. The number of nitriles is 1. The lowest BCUT2D eigenvalue weighted by Gasteiger charge is -2.06. The van der Waals surface area contributed by atoms with Crippen molar-refractivity contribution in [2.75, 3.05) is 0 Å². The molecule has 3 rings (SSSR count). The van der Waals surface area contributed by atoms with Crippen LogP contribution in [0.3, 0.4) is 0 Å². The maximum absolute atomic E-state index is 9.20. The lowest BCUT2D eigenvalue weighted by molar-refractivity contribution is 0.969. The van der Waals surface area contributed by atoms with Gasteiger partial charge in [0.1, 0.15) is 0 Å². The number of aryl methyl sites for hydroxylation is 1. The number of hydrogen-bond acceptors (Lipinski definition) is 1. The topological polar surface area (TPSA) is 28.7 Å². The average Bonchev–Trinajstić information content (AvgIpc) is 2.81. The Hall–Kier alpha value is -2.53. The minimum Gasteiger partial charge on any atom is -0.351 e. The molecular formula is C16H12N2. The molecule has 0 amide bonds. The van der Waals surface area contributed by atoms with Crippen molar-refractivity contribution in [3.63, 3.8) is 0 Å². The van der Waals surface area contributed by atoms with Crippen molar-refractivity contribution in [3.8, 4) is 17.2 Å². The van der Waals surface area contributed by atoms with Gasteiger partial charge in [0.15, 0.2) is 0 Å². The quantitative estimate of drug-likeness (QED) is 0.628. The molecule has 0 saturated carbocycles. The molecule has 0 atom stereocenters. The fourth-order valence-electron chi connectivity index (χ4n) is 2.35. The van der Waals surface area contributed by atoms with Crippen molar-refractivity contribution in [1.82, 2.24) is 4.57 Å². The summed E-state index contributed by atoms with van der Waals surface area (Å²) in [6.45, 7) is 0. The molecule has 0 unspecified atom stereocenters. The predicted molar refractivity (Wildman–Crippen MR) is 73.1 cm³/mol. The van der Waals surface area contributed by atoms with Gasteiger partial charge in [0.2, 0.25) is 0 Å². The monoisotopic (exact) mass is 232 g/mol. The minimum absolute atomic E-state index is 0.717. The number of hydrogen-bond donors (Lipinski definition) is 0. The fourth-order valence-corrected chi connectivity index (χ4v) is 2.35. The van der Waals surface area contributed by atoms with Crippen LogP contribution in [0.4, 0.5) is 0 Å². The van der Waals surface area contributed by atoms with Gasteiger partial charge in [0, 0.05) is 29.7 Å². The third-order valence-corrected chi connectivity index (χ3v) is 3.27. The van der Waals surface area contributed by atoms with Gasteiger partial charge in [-0.05, 0) is 23.8 Å². The van der Waals surface area contributed by atoms with Crippen molar-refractivity contribution < 1.29 is 0 Å². The maximum atomic E-state index is 9.20. The summed E-state index contributed by atoms with van der Waals surface area (Å²) in [5, 5.41) is 10.4. The Bertz CT molecular complexity index is 760. The Morgan fingerprint density at radius 3 is 2.56 bits per heavy atom. The zero-order valence-electron chi connectivity index (χ0n) is 10.1. The molecule has 1 heterocycles. The molecule has 0 aliphatic rings. The molecule has 0 saturated heterocycles.